The van der Waals surface area contributed by atoms with Crippen LogP contribution in [-0.4, -0.2) is 35.9 Å². The van der Waals surface area contributed by atoms with E-state index in [1.807, 2.05) is 0 Å². The molecule has 1 aromatic heterocycles. The van der Waals surface area contributed by atoms with Crippen LogP contribution in [0.15, 0.2) is 4.52 Å². The first-order valence-corrected chi connectivity index (χ1v) is 6.55. The Hall–Kier alpha value is -0.940. The highest BCUT2D eigenvalue weighted by atomic mass is 16.5. The van der Waals surface area contributed by atoms with Gasteiger partial charge in [-0.05, 0) is 25.7 Å². The van der Waals surface area contributed by atoms with Gasteiger partial charge in [-0.15, -0.1) is 0 Å². The normalized spacial score (nSPS) is 25.1. The number of hydrogen-bond acceptors (Lipinski definition) is 5. The Morgan fingerprint density at radius 1 is 1.29 bits per heavy atom. The number of ether oxygens (including phenoxy) is 1. The van der Waals surface area contributed by atoms with Crippen molar-refractivity contribution in [3.05, 3.63) is 11.7 Å². The molecule has 2 aliphatic rings. The molecule has 2 heterocycles. The molecule has 0 bridgehead atoms. The fourth-order valence-corrected chi connectivity index (χ4v) is 2.15. The molecule has 3 rings (SSSR count). The Kier molecular flexibility index (Phi) is 3.38. The van der Waals surface area contributed by atoms with Gasteiger partial charge >= 0.3 is 0 Å². The highest BCUT2D eigenvalue weighted by molar-refractivity contribution is 4.97. The lowest BCUT2D eigenvalue weighted by Gasteiger charge is -2.18. The van der Waals surface area contributed by atoms with Crippen molar-refractivity contribution in [2.24, 2.45) is 0 Å². The SMILES string of the molecule is C1COCC(c2noc(CCNC3CC3)n2)C1. The average molecular weight is 237 g/mol. The van der Waals surface area contributed by atoms with Gasteiger partial charge in [0, 0.05) is 31.5 Å². The van der Waals surface area contributed by atoms with E-state index in [1.54, 1.807) is 0 Å². The zero-order valence-electron chi connectivity index (χ0n) is 10.0. The highest BCUT2D eigenvalue weighted by Crippen LogP contribution is 2.23. The van der Waals surface area contributed by atoms with Gasteiger partial charge in [-0.3, -0.25) is 0 Å². The molecule has 5 nitrogen and oxygen atoms in total. The number of aromatic nitrogens is 2. The predicted octanol–water partition coefficient (Wildman–Crippen LogP) is 1.26. The van der Waals surface area contributed by atoms with Crippen LogP contribution in [0.3, 0.4) is 0 Å². The Balaban J connectivity index is 1.49. The lowest BCUT2D eigenvalue weighted by molar-refractivity contribution is 0.0773. The molecule has 1 saturated heterocycles. The van der Waals surface area contributed by atoms with Gasteiger partial charge in [-0.25, -0.2) is 0 Å². The van der Waals surface area contributed by atoms with Gasteiger partial charge in [0.25, 0.3) is 0 Å². The number of nitrogens with zero attached hydrogens (tertiary/aromatic N) is 2. The summed E-state index contributed by atoms with van der Waals surface area (Å²) in [5.41, 5.74) is 0. The van der Waals surface area contributed by atoms with E-state index >= 15 is 0 Å². The molecular weight excluding hydrogens is 218 g/mol. The molecule has 1 atom stereocenters. The predicted molar refractivity (Wildman–Crippen MR) is 61.8 cm³/mol. The van der Waals surface area contributed by atoms with E-state index in [2.05, 4.69) is 15.5 Å². The minimum atomic E-state index is 0.331. The van der Waals surface area contributed by atoms with Crippen molar-refractivity contribution in [3.63, 3.8) is 0 Å². The van der Waals surface area contributed by atoms with E-state index in [4.69, 9.17) is 9.26 Å². The van der Waals surface area contributed by atoms with Gasteiger partial charge < -0.3 is 14.6 Å². The van der Waals surface area contributed by atoms with Gasteiger partial charge in [0.1, 0.15) is 0 Å². The second kappa shape index (κ2) is 5.14. The Morgan fingerprint density at radius 2 is 2.24 bits per heavy atom. The van der Waals surface area contributed by atoms with Crippen LogP contribution in [0.4, 0.5) is 0 Å². The first-order chi connectivity index (χ1) is 8.42. The summed E-state index contributed by atoms with van der Waals surface area (Å²) in [5.74, 6) is 1.91. The van der Waals surface area contributed by atoms with Crippen molar-refractivity contribution in [2.45, 2.75) is 44.1 Å². The van der Waals surface area contributed by atoms with Crippen LogP contribution in [0, 0.1) is 0 Å². The van der Waals surface area contributed by atoms with Crippen molar-refractivity contribution in [3.8, 4) is 0 Å². The molecule has 0 radical (unpaired) electrons. The van der Waals surface area contributed by atoms with Crippen molar-refractivity contribution in [1.82, 2.24) is 15.5 Å². The molecule has 1 aliphatic carbocycles. The minimum Gasteiger partial charge on any atom is -0.381 e. The maximum Gasteiger partial charge on any atom is 0.227 e. The van der Waals surface area contributed by atoms with Crippen molar-refractivity contribution < 1.29 is 9.26 Å². The number of rotatable bonds is 5. The van der Waals surface area contributed by atoms with Crippen LogP contribution in [0.25, 0.3) is 0 Å². The smallest absolute Gasteiger partial charge is 0.227 e. The van der Waals surface area contributed by atoms with Gasteiger partial charge in [0.2, 0.25) is 5.89 Å². The molecular formula is C12H19N3O2. The van der Waals surface area contributed by atoms with Crippen LogP contribution in [0.2, 0.25) is 0 Å². The van der Waals surface area contributed by atoms with E-state index in [-0.39, 0.29) is 0 Å². The maximum absolute atomic E-state index is 5.43. The molecule has 1 aromatic rings. The third-order valence-corrected chi connectivity index (χ3v) is 3.36. The molecule has 1 aliphatic heterocycles. The second-order valence-corrected chi connectivity index (χ2v) is 4.94. The molecule has 1 saturated carbocycles. The molecule has 17 heavy (non-hydrogen) atoms. The fourth-order valence-electron chi connectivity index (χ4n) is 2.15. The third-order valence-electron chi connectivity index (χ3n) is 3.36. The minimum absolute atomic E-state index is 0.331. The molecule has 0 aromatic carbocycles. The van der Waals surface area contributed by atoms with Crippen molar-refractivity contribution in [2.75, 3.05) is 19.8 Å². The topological polar surface area (TPSA) is 60.2 Å². The summed E-state index contributed by atoms with van der Waals surface area (Å²) in [4.78, 5) is 4.45. The Bertz CT molecular complexity index is 356. The summed E-state index contributed by atoms with van der Waals surface area (Å²) >= 11 is 0. The first kappa shape index (κ1) is 11.2. The lowest BCUT2D eigenvalue weighted by atomic mass is 10.0. The summed E-state index contributed by atoms with van der Waals surface area (Å²) in [6.45, 7) is 2.54. The van der Waals surface area contributed by atoms with Crippen LogP contribution in [0.5, 0.6) is 0 Å². The van der Waals surface area contributed by atoms with Crippen LogP contribution >= 0.6 is 0 Å². The molecule has 0 spiro atoms. The van der Waals surface area contributed by atoms with Crippen molar-refractivity contribution >= 4 is 0 Å². The highest BCUT2D eigenvalue weighted by Gasteiger charge is 2.22. The van der Waals surface area contributed by atoms with Gasteiger partial charge in [0.05, 0.1) is 6.61 Å². The standard InChI is InChI=1S/C12H19N3O2/c1-2-9(8-16-7-1)12-14-11(17-15-12)5-6-13-10-3-4-10/h9-10,13H,1-8H2. The summed E-state index contributed by atoms with van der Waals surface area (Å²) in [6.07, 6.45) is 5.66. The maximum atomic E-state index is 5.43. The zero-order chi connectivity index (χ0) is 11.5. The molecule has 94 valence electrons. The quantitative estimate of drug-likeness (QED) is 0.835. The average Bonchev–Trinajstić information content (AvgIpc) is 3.07. The Labute approximate surface area is 101 Å². The first-order valence-electron chi connectivity index (χ1n) is 6.55. The van der Waals surface area contributed by atoms with E-state index in [0.29, 0.717) is 5.92 Å². The molecule has 1 N–H and O–H groups in total. The van der Waals surface area contributed by atoms with Crippen LogP contribution in [0.1, 0.15) is 43.3 Å². The van der Waals surface area contributed by atoms with Crippen molar-refractivity contribution in [1.29, 1.82) is 0 Å². The van der Waals surface area contributed by atoms with Gasteiger partial charge in [-0.1, -0.05) is 5.16 Å². The second-order valence-electron chi connectivity index (χ2n) is 4.94. The lowest BCUT2D eigenvalue weighted by Crippen LogP contribution is -2.19. The van der Waals surface area contributed by atoms with E-state index in [0.717, 1.165) is 56.8 Å². The molecule has 1 unspecified atom stereocenters. The summed E-state index contributed by atoms with van der Waals surface area (Å²) in [7, 11) is 0. The Morgan fingerprint density at radius 3 is 3.00 bits per heavy atom. The molecule has 2 fully saturated rings. The van der Waals surface area contributed by atoms with Crippen LogP contribution < -0.4 is 5.32 Å². The largest absolute Gasteiger partial charge is 0.381 e. The summed E-state index contributed by atoms with van der Waals surface area (Å²) in [6, 6.07) is 0.740. The number of nitrogens with one attached hydrogen (secondary N) is 1. The van der Waals surface area contributed by atoms with Crippen LogP contribution in [-0.2, 0) is 11.2 Å². The third kappa shape index (κ3) is 3.04. The van der Waals surface area contributed by atoms with E-state index in [1.165, 1.54) is 12.8 Å². The van der Waals surface area contributed by atoms with Gasteiger partial charge in [0.15, 0.2) is 5.82 Å². The van der Waals surface area contributed by atoms with E-state index < -0.39 is 0 Å². The fraction of sp³-hybridized carbons (Fsp3) is 0.833. The number of hydrogen-bond donors (Lipinski definition) is 1. The van der Waals surface area contributed by atoms with Gasteiger partial charge in [-0.2, -0.15) is 4.98 Å². The van der Waals surface area contributed by atoms with E-state index in [9.17, 15) is 0 Å². The monoisotopic (exact) mass is 237 g/mol. The molecule has 5 heteroatoms. The molecule has 0 amide bonds. The summed E-state index contributed by atoms with van der Waals surface area (Å²) in [5, 5.41) is 7.50. The zero-order valence-corrected chi connectivity index (χ0v) is 10.0. The summed E-state index contributed by atoms with van der Waals surface area (Å²) < 4.78 is 10.7.